The lowest BCUT2D eigenvalue weighted by molar-refractivity contribution is -0.121. The van der Waals surface area contributed by atoms with Crippen molar-refractivity contribution in [3.05, 3.63) is 35.2 Å². The van der Waals surface area contributed by atoms with Crippen molar-refractivity contribution < 1.29 is 9.90 Å². The Kier molecular flexibility index (Phi) is 5.65. The number of carbonyl (C=O) groups excluding carboxylic acids is 1. The lowest BCUT2D eigenvalue weighted by Crippen LogP contribution is -2.30. The Labute approximate surface area is 140 Å². The van der Waals surface area contributed by atoms with Crippen molar-refractivity contribution in [1.82, 2.24) is 10.6 Å². The van der Waals surface area contributed by atoms with Crippen LogP contribution in [0.5, 0.6) is 0 Å². The van der Waals surface area contributed by atoms with E-state index in [-0.39, 0.29) is 12.5 Å². The highest BCUT2D eigenvalue weighted by Gasteiger charge is 2.16. The third kappa shape index (κ3) is 4.53. The molecule has 1 saturated heterocycles. The largest absolute Gasteiger partial charge is 0.386 e. The molecule has 1 unspecified atom stereocenters. The second-order valence-corrected chi connectivity index (χ2v) is 7.35. The van der Waals surface area contributed by atoms with E-state index in [1.807, 2.05) is 30.3 Å². The minimum absolute atomic E-state index is 0.0451. The number of carbonyl (C=O) groups is 1. The fourth-order valence-corrected chi connectivity index (χ4v) is 4.12. The highest BCUT2D eigenvalue weighted by molar-refractivity contribution is 7.19. The van der Waals surface area contributed by atoms with E-state index in [0.29, 0.717) is 12.3 Å². The first-order valence-corrected chi connectivity index (χ1v) is 9.18. The number of hydrogen-bond acceptors (Lipinski definition) is 4. The zero-order valence-corrected chi connectivity index (χ0v) is 14.1. The summed E-state index contributed by atoms with van der Waals surface area (Å²) in [5.74, 6) is 0.707. The van der Waals surface area contributed by atoms with Gasteiger partial charge in [-0.25, -0.2) is 0 Å². The molecule has 0 spiro atoms. The van der Waals surface area contributed by atoms with Crippen molar-refractivity contribution in [2.75, 3.05) is 19.6 Å². The Balaban J connectivity index is 1.44. The molecule has 0 saturated carbocycles. The van der Waals surface area contributed by atoms with Crippen LogP contribution in [0.4, 0.5) is 0 Å². The smallest absolute Gasteiger partial charge is 0.220 e. The topological polar surface area (TPSA) is 61.4 Å². The molecule has 1 aliphatic heterocycles. The molecule has 1 aromatic carbocycles. The van der Waals surface area contributed by atoms with Crippen LogP contribution >= 0.6 is 11.3 Å². The Hall–Kier alpha value is -1.43. The molecule has 0 radical (unpaired) electrons. The molecule has 2 heterocycles. The number of piperidine rings is 1. The summed E-state index contributed by atoms with van der Waals surface area (Å²) in [6, 6.07) is 10.1. The molecule has 1 fully saturated rings. The Bertz CT molecular complexity index is 616. The van der Waals surface area contributed by atoms with Crippen molar-refractivity contribution in [2.24, 2.45) is 5.92 Å². The minimum Gasteiger partial charge on any atom is -0.386 e. The van der Waals surface area contributed by atoms with Gasteiger partial charge in [0.25, 0.3) is 0 Å². The summed E-state index contributed by atoms with van der Waals surface area (Å²) in [4.78, 5) is 12.9. The molecule has 2 aromatic rings. The first-order valence-electron chi connectivity index (χ1n) is 8.36. The maximum Gasteiger partial charge on any atom is 0.220 e. The van der Waals surface area contributed by atoms with Crippen molar-refractivity contribution >= 4 is 27.3 Å². The third-order valence-electron chi connectivity index (χ3n) is 4.50. The van der Waals surface area contributed by atoms with Crippen LogP contribution in [-0.4, -0.2) is 30.6 Å². The van der Waals surface area contributed by atoms with Gasteiger partial charge >= 0.3 is 0 Å². The minimum atomic E-state index is -0.629. The Morgan fingerprint density at radius 3 is 2.91 bits per heavy atom. The fraction of sp³-hybridized carbons (Fsp3) is 0.500. The average Bonchev–Trinajstić information content (AvgIpc) is 3.03. The average molecular weight is 332 g/mol. The molecule has 3 N–H and O–H groups in total. The second kappa shape index (κ2) is 7.90. The van der Waals surface area contributed by atoms with Gasteiger partial charge in [0.2, 0.25) is 5.91 Å². The van der Waals surface area contributed by atoms with E-state index in [9.17, 15) is 9.90 Å². The Morgan fingerprint density at radius 2 is 2.13 bits per heavy atom. The number of fused-ring (bicyclic) bond motifs is 1. The molecular weight excluding hydrogens is 308 g/mol. The van der Waals surface area contributed by atoms with Crippen LogP contribution in [0.1, 0.15) is 36.7 Å². The quantitative estimate of drug-likeness (QED) is 0.762. The van der Waals surface area contributed by atoms with Crippen LogP contribution < -0.4 is 10.6 Å². The number of amides is 1. The number of rotatable bonds is 6. The van der Waals surface area contributed by atoms with Crippen LogP contribution in [-0.2, 0) is 4.79 Å². The molecular formula is C18H24N2O2S. The lowest BCUT2D eigenvalue weighted by atomic mass is 9.93. The monoisotopic (exact) mass is 332 g/mol. The number of thiophene rings is 1. The van der Waals surface area contributed by atoms with E-state index in [0.717, 1.165) is 42.6 Å². The van der Waals surface area contributed by atoms with Gasteiger partial charge in [0.1, 0.15) is 6.10 Å². The van der Waals surface area contributed by atoms with Crippen molar-refractivity contribution in [3.63, 3.8) is 0 Å². The number of benzene rings is 1. The van der Waals surface area contributed by atoms with Gasteiger partial charge in [0, 0.05) is 22.5 Å². The fourth-order valence-electron chi connectivity index (χ4n) is 3.07. The van der Waals surface area contributed by atoms with Crippen molar-refractivity contribution in [1.29, 1.82) is 0 Å². The molecule has 1 atom stereocenters. The van der Waals surface area contributed by atoms with E-state index >= 15 is 0 Å². The molecule has 1 aromatic heterocycles. The van der Waals surface area contributed by atoms with Crippen LogP contribution in [0, 0.1) is 5.92 Å². The summed E-state index contributed by atoms with van der Waals surface area (Å²) >= 11 is 1.58. The number of aliphatic hydroxyl groups is 1. The number of hydrogen-bond donors (Lipinski definition) is 3. The van der Waals surface area contributed by atoms with Gasteiger partial charge in [-0.15, -0.1) is 11.3 Å². The summed E-state index contributed by atoms with van der Waals surface area (Å²) in [5.41, 5.74) is 0. The predicted molar refractivity (Wildman–Crippen MR) is 94.6 cm³/mol. The molecule has 3 rings (SSSR count). The standard InChI is InChI=1S/C18H24N2O2S/c21-15(17-11-14-3-1-2-4-16(14)23-17)12-20-18(22)6-5-13-7-9-19-10-8-13/h1-4,11,13,15,19,21H,5-10,12H2,(H,20,22). The first kappa shape index (κ1) is 16.4. The number of nitrogens with one attached hydrogen (secondary N) is 2. The van der Waals surface area contributed by atoms with E-state index in [4.69, 9.17) is 0 Å². The molecule has 1 aliphatic rings. The molecule has 23 heavy (non-hydrogen) atoms. The van der Waals surface area contributed by atoms with Gasteiger partial charge in [-0.1, -0.05) is 18.2 Å². The maximum absolute atomic E-state index is 12.0. The van der Waals surface area contributed by atoms with Gasteiger partial charge in [0.15, 0.2) is 0 Å². The lowest BCUT2D eigenvalue weighted by Gasteiger charge is -2.22. The van der Waals surface area contributed by atoms with E-state index in [1.165, 1.54) is 4.70 Å². The summed E-state index contributed by atoms with van der Waals surface area (Å²) in [6.45, 7) is 2.42. The maximum atomic E-state index is 12.0. The highest BCUT2D eigenvalue weighted by Crippen LogP contribution is 2.29. The predicted octanol–water partition coefficient (Wildman–Crippen LogP) is 2.83. The number of aliphatic hydroxyl groups excluding tert-OH is 1. The van der Waals surface area contributed by atoms with E-state index in [1.54, 1.807) is 11.3 Å². The Morgan fingerprint density at radius 1 is 1.35 bits per heavy atom. The molecule has 0 aliphatic carbocycles. The molecule has 0 bridgehead atoms. The first-order chi connectivity index (χ1) is 11.2. The van der Waals surface area contributed by atoms with Crippen LogP contribution in [0.2, 0.25) is 0 Å². The van der Waals surface area contributed by atoms with Gasteiger partial charge in [-0.2, -0.15) is 0 Å². The van der Waals surface area contributed by atoms with Gasteiger partial charge in [0.05, 0.1) is 0 Å². The second-order valence-electron chi connectivity index (χ2n) is 6.24. The third-order valence-corrected chi connectivity index (χ3v) is 5.72. The summed E-state index contributed by atoms with van der Waals surface area (Å²) in [5, 5.41) is 17.6. The van der Waals surface area contributed by atoms with Crippen molar-refractivity contribution in [2.45, 2.75) is 31.8 Å². The van der Waals surface area contributed by atoms with Gasteiger partial charge < -0.3 is 15.7 Å². The van der Waals surface area contributed by atoms with Gasteiger partial charge in [-0.3, -0.25) is 4.79 Å². The summed E-state index contributed by atoms with van der Waals surface area (Å²) in [7, 11) is 0. The van der Waals surface area contributed by atoms with Crippen LogP contribution in [0.15, 0.2) is 30.3 Å². The zero-order chi connectivity index (χ0) is 16.1. The molecule has 1 amide bonds. The zero-order valence-electron chi connectivity index (χ0n) is 13.3. The van der Waals surface area contributed by atoms with Crippen LogP contribution in [0.3, 0.4) is 0 Å². The van der Waals surface area contributed by atoms with Crippen molar-refractivity contribution in [3.8, 4) is 0 Å². The molecule has 124 valence electrons. The summed E-state index contributed by atoms with van der Waals surface area (Å²) in [6.07, 6.45) is 3.21. The van der Waals surface area contributed by atoms with Gasteiger partial charge in [-0.05, 0) is 55.8 Å². The summed E-state index contributed by atoms with van der Waals surface area (Å²) < 4.78 is 1.17. The normalized spacial score (nSPS) is 17.3. The van der Waals surface area contributed by atoms with E-state index in [2.05, 4.69) is 10.6 Å². The van der Waals surface area contributed by atoms with E-state index < -0.39 is 6.10 Å². The highest BCUT2D eigenvalue weighted by atomic mass is 32.1. The SMILES string of the molecule is O=C(CCC1CCNCC1)NCC(O)c1cc2ccccc2s1. The molecule has 4 nitrogen and oxygen atoms in total. The van der Waals surface area contributed by atoms with Crippen LogP contribution in [0.25, 0.3) is 10.1 Å². The molecule has 5 heteroatoms.